The van der Waals surface area contributed by atoms with Gasteiger partial charge in [-0.05, 0) is 19.4 Å². The van der Waals surface area contributed by atoms with Crippen molar-refractivity contribution in [1.29, 1.82) is 0 Å². The summed E-state index contributed by atoms with van der Waals surface area (Å²) < 4.78 is 1.53. The van der Waals surface area contributed by atoms with Crippen LogP contribution < -0.4 is 0 Å². The zero-order valence-electron chi connectivity index (χ0n) is 7.93. The van der Waals surface area contributed by atoms with Crippen LogP contribution in [0.15, 0.2) is 12.2 Å². The molecule has 2 fully saturated rings. The van der Waals surface area contributed by atoms with Crippen LogP contribution in [0.1, 0.15) is 26.7 Å². The van der Waals surface area contributed by atoms with Crippen LogP contribution in [0.25, 0.3) is 0 Å². The van der Waals surface area contributed by atoms with Crippen LogP contribution in [0.2, 0.25) is 0 Å². The topological polar surface area (TPSA) is 0 Å². The van der Waals surface area contributed by atoms with E-state index in [1.54, 1.807) is 0 Å². The van der Waals surface area contributed by atoms with Gasteiger partial charge in [-0.2, -0.15) is 0 Å². The summed E-state index contributed by atoms with van der Waals surface area (Å²) in [4.78, 5) is 0. The molecule has 0 aromatic heterocycles. The molecule has 0 aromatic carbocycles. The van der Waals surface area contributed by atoms with Gasteiger partial charge in [0.2, 0.25) is 0 Å². The normalized spacial score (nSPS) is 46.2. The quantitative estimate of drug-likeness (QED) is 0.464. The summed E-state index contributed by atoms with van der Waals surface area (Å²) in [5, 5.41) is 0. The molecular weight excluding hydrogens is 184 g/mol. The van der Waals surface area contributed by atoms with Crippen LogP contribution in [0.5, 0.6) is 0 Å². The van der Waals surface area contributed by atoms with E-state index in [1.165, 1.54) is 29.9 Å². The molecular formula is C10H17S2+. The average Bonchev–Trinajstić information content (AvgIpc) is 2.02. The van der Waals surface area contributed by atoms with Crippen LogP contribution in [-0.2, 0) is 10.9 Å². The fourth-order valence-electron chi connectivity index (χ4n) is 2.04. The third kappa shape index (κ3) is 1.15. The van der Waals surface area contributed by atoms with Gasteiger partial charge in [-0.1, -0.05) is 6.58 Å². The Bertz CT molecular complexity index is 212. The van der Waals surface area contributed by atoms with Crippen molar-refractivity contribution in [2.24, 2.45) is 0 Å². The van der Waals surface area contributed by atoms with Gasteiger partial charge < -0.3 is 0 Å². The number of thioether (sulfide) groups is 1. The molecule has 3 atom stereocenters. The molecule has 0 N–H and O–H groups in total. The molecule has 2 aliphatic rings. The molecule has 2 aliphatic heterocycles. The molecule has 0 saturated carbocycles. The minimum Gasteiger partial charge on any atom is -0.105 e. The number of fused-ring (bicyclic) bond motifs is 1. The van der Waals surface area contributed by atoms with Crippen molar-refractivity contribution in [2.75, 3.05) is 11.5 Å². The molecule has 0 aliphatic carbocycles. The highest BCUT2D eigenvalue weighted by Gasteiger charge is 2.61. The smallest absolute Gasteiger partial charge is 0.105 e. The van der Waals surface area contributed by atoms with E-state index < -0.39 is 0 Å². The van der Waals surface area contributed by atoms with Gasteiger partial charge in [-0.25, -0.2) is 0 Å². The van der Waals surface area contributed by atoms with E-state index in [0.29, 0.717) is 15.6 Å². The van der Waals surface area contributed by atoms with Gasteiger partial charge in [0, 0.05) is 23.1 Å². The van der Waals surface area contributed by atoms with Gasteiger partial charge in [0.25, 0.3) is 0 Å². The molecule has 3 unspecified atom stereocenters. The largest absolute Gasteiger partial charge is 0.169 e. The lowest BCUT2D eigenvalue weighted by Crippen LogP contribution is -2.57. The molecule has 0 spiro atoms. The van der Waals surface area contributed by atoms with Crippen LogP contribution in [0.4, 0.5) is 0 Å². The molecule has 0 aromatic rings. The summed E-state index contributed by atoms with van der Waals surface area (Å²) in [6.45, 7) is 8.77. The maximum atomic E-state index is 4.14. The van der Waals surface area contributed by atoms with Crippen molar-refractivity contribution < 1.29 is 0 Å². The fourth-order valence-corrected chi connectivity index (χ4v) is 8.04. The van der Waals surface area contributed by atoms with E-state index in [4.69, 9.17) is 0 Å². The van der Waals surface area contributed by atoms with E-state index in [-0.39, 0.29) is 0 Å². The van der Waals surface area contributed by atoms with Gasteiger partial charge in [0.1, 0.15) is 5.75 Å². The maximum absolute atomic E-state index is 4.14. The second-order valence-electron chi connectivity index (χ2n) is 4.00. The molecule has 2 saturated heterocycles. The van der Waals surface area contributed by atoms with Crippen molar-refractivity contribution in [3.8, 4) is 0 Å². The van der Waals surface area contributed by atoms with Crippen molar-refractivity contribution in [3.63, 3.8) is 0 Å². The predicted molar refractivity (Wildman–Crippen MR) is 60.9 cm³/mol. The lowest BCUT2D eigenvalue weighted by Gasteiger charge is -2.46. The highest BCUT2D eigenvalue weighted by molar-refractivity contribution is 8.17. The summed E-state index contributed by atoms with van der Waals surface area (Å²) >= 11 is 2.20. The first-order valence-electron chi connectivity index (χ1n) is 4.62. The van der Waals surface area contributed by atoms with Crippen molar-refractivity contribution in [3.05, 3.63) is 12.2 Å². The summed E-state index contributed by atoms with van der Waals surface area (Å²) in [6.07, 6.45) is 2.84. The Morgan fingerprint density at radius 1 is 1.67 bits per heavy atom. The second kappa shape index (κ2) is 2.98. The predicted octanol–water partition coefficient (Wildman–Crippen LogP) is 2.81. The van der Waals surface area contributed by atoms with Crippen LogP contribution >= 0.6 is 11.8 Å². The molecule has 0 amide bonds. The Balaban J connectivity index is 2.09. The Morgan fingerprint density at radius 3 is 3.00 bits per heavy atom. The lowest BCUT2D eigenvalue weighted by atomic mass is 9.99. The Morgan fingerprint density at radius 2 is 2.42 bits per heavy atom. The van der Waals surface area contributed by atoms with Gasteiger partial charge in [0.05, 0.1) is 6.42 Å². The number of hydrogen-bond acceptors (Lipinski definition) is 1. The SMILES string of the molecule is C=C(C)C1(C)CC2SCCC[S+]21. The summed E-state index contributed by atoms with van der Waals surface area (Å²) in [6, 6.07) is 0. The molecule has 2 rings (SSSR count). The first kappa shape index (κ1) is 9.01. The summed E-state index contributed by atoms with van der Waals surface area (Å²) in [5.41, 5.74) is 1.42. The zero-order chi connectivity index (χ0) is 8.77. The molecule has 2 heteroatoms. The molecule has 0 nitrogen and oxygen atoms in total. The van der Waals surface area contributed by atoms with Crippen molar-refractivity contribution in [1.82, 2.24) is 0 Å². The van der Waals surface area contributed by atoms with Crippen LogP contribution in [0, 0.1) is 0 Å². The van der Waals surface area contributed by atoms with Gasteiger partial charge in [0.15, 0.2) is 9.33 Å². The third-order valence-corrected chi connectivity index (χ3v) is 8.54. The van der Waals surface area contributed by atoms with Crippen LogP contribution in [0.3, 0.4) is 0 Å². The Kier molecular flexibility index (Phi) is 2.24. The van der Waals surface area contributed by atoms with E-state index in [9.17, 15) is 0 Å². The van der Waals surface area contributed by atoms with Gasteiger partial charge in [-0.15, -0.1) is 11.8 Å². The average molecular weight is 201 g/mol. The monoisotopic (exact) mass is 201 g/mol. The zero-order valence-corrected chi connectivity index (χ0v) is 9.56. The molecule has 2 heterocycles. The third-order valence-electron chi connectivity index (χ3n) is 3.17. The van der Waals surface area contributed by atoms with Crippen molar-refractivity contribution in [2.45, 2.75) is 36.0 Å². The molecule has 68 valence electrons. The molecule has 0 bridgehead atoms. The second-order valence-corrected chi connectivity index (χ2v) is 8.35. The number of rotatable bonds is 1. The van der Waals surface area contributed by atoms with Gasteiger partial charge >= 0.3 is 0 Å². The summed E-state index contributed by atoms with van der Waals surface area (Å²) in [5.74, 6) is 2.88. The minimum absolute atomic E-state index is 0.526. The van der Waals surface area contributed by atoms with E-state index >= 15 is 0 Å². The Labute approximate surface area is 82.5 Å². The lowest BCUT2D eigenvalue weighted by molar-refractivity contribution is 0.632. The molecule has 0 radical (unpaired) electrons. The minimum atomic E-state index is 0.526. The summed E-state index contributed by atoms with van der Waals surface area (Å²) in [7, 11) is 0.676. The van der Waals surface area contributed by atoms with E-state index in [2.05, 4.69) is 32.2 Å². The van der Waals surface area contributed by atoms with Crippen molar-refractivity contribution >= 4 is 22.7 Å². The van der Waals surface area contributed by atoms with Crippen LogP contribution in [-0.4, -0.2) is 20.8 Å². The van der Waals surface area contributed by atoms with E-state index in [0.717, 1.165) is 4.58 Å². The standard InChI is InChI=1S/C10H17S2/c1-8(2)10(3)7-9-11-5-4-6-12(9)10/h9H,1,4-7H2,2-3H3/q+1. The Hall–Kier alpha value is 0.440. The molecule has 12 heavy (non-hydrogen) atoms. The highest BCUT2D eigenvalue weighted by Crippen LogP contribution is 2.53. The van der Waals surface area contributed by atoms with Gasteiger partial charge in [-0.3, -0.25) is 0 Å². The van der Waals surface area contributed by atoms with E-state index in [1.807, 2.05) is 0 Å². The first-order chi connectivity index (χ1) is 5.64. The fraction of sp³-hybridized carbons (Fsp3) is 0.800. The first-order valence-corrected chi connectivity index (χ1v) is 7.12. The number of hydrogen-bond donors (Lipinski definition) is 0. The maximum Gasteiger partial charge on any atom is 0.169 e. The highest BCUT2D eigenvalue weighted by atomic mass is 32.2.